The molecular weight excluding hydrogens is 238 g/mol. The minimum Gasteiger partial charge on any atom is -0.314 e. The van der Waals surface area contributed by atoms with Crippen molar-refractivity contribution in [2.45, 2.75) is 58.4 Å². The first-order valence-electron chi connectivity index (χ1n) is 7.54. The van der Waals surface area contributed by atoms with Gasteiger partial charge in [0, 0.05) is 6.04 Å². The zero-order valence-electron chi connectivity index (χ0n) is 11.8. The quantitative estimate of drug-likeness (QED) is 0.799. The van der Waals surface area contributed by atoms with Crippen LogP contribution >= 0.6 is 11.3 Å². The monoisotopic (exact) mass is 265 g/mol. The van der Waals surface area contributed by atoms with Crippen LogP contribution in [0, 0.1) is 11.8 Å². The fourth-order valence-corrected chi connectivity index (χ4v) is 3.92. The number of thiophene rings is 1. The van der Waals surface area contributed by atoms with Crippen molar-refractivity contribution in [3.05, 3.63) is 22.4 Å². The Kier molecular flexibility index (Phi) is 5.71. The molecule has 1 heterocycles. The molecule has 1 aliphatic carbocycles. The van der Waals surface area contributed by atoms with Crippen molar-refractivity contribution in [3.8, 4) is 0 Å². The van der Waals surface area contributed by atoms with Gasteiger partial charge in [-0.3, -0.25) is 0 Å². The molecule has 1 atom stereocenters. The highest BCUT2D eigenvalue weighted by atomic mass is 32.1. The van der Waals surface area contributed by atoms with Crippen molar-refractivity contribution in [3.63, 3.8) is 0 Å². The second kappa shape index (κ2) is 7.30. The van der Waals surface area contributed by atoms with E-state index in [9.17, 15) is 0 Å². The molecule has 0 aliphatic heterocycles. The average Bonchev–Trinajstić information content (AvgIpc) is 2.89. The lowest BCUT2D eigenvalue weighted by Gasteiger charge is -2.33. The lowest BCUT2D eigenvalue weighted by Crippen LogP contribution is -2.38. The summed E-state index contributed by atoms with van der Waals surface area (Å²) in [5.41, 5.74) is 1.52. The molecule has 102 valence electrons. The molecule has 1 aliphatic rings. The maximum Gasteiger partial charge on any atom is 0.00983 e. The summed E-state index contributed by atoms with van der Waals surface area (Å²) in [5, 5.41) is 8.22. The van der Waals surface area contributed by atoms with Crippen molar-refractivity contribution in [2.75, 3.05) is 6.54 Å². The molecule has 1 aromatic rings. The minimum atomic E-state index is 0.738. The van der Waals surface area contributed by atoms with Crippen molar-refractivity contribution in [1.82, 2.24) is 5.32 Å². The highest BCUT2D eigenvalue weighted by molar-refractivity contribution is 7.07. The molecule has 18 heavy (non-hydrogen) atoms. The van der Waals surface area contributed by atoms with E-state index in [-0.39, 0.29) is 0 Å². The molecule has 2 heteroatoms. The van der Waals surface area contributed by atoms with Crippen LogP contribution in [-0.4, -0.2) is 12.6 Å². The van der Waals surface area contributed by atoms with E-state index in [0.29, 0.717) is 0 Å². The van der Waals surface area contributed by atoms with E-state index in [1.807, 2.05) is 11.3 Å². The molecule has 0 bridgehead atoms. The van der Waals surface area contributed by atoms with Crippen LogP contribution in [0.5, 0.6) is 0 Å². The third-order valence-corrected chi connectivity index (χ3v) is 5.15. The third-order valence-electron chi connectivity index (χ3n) is 4.42. The molecule has 0 aromatic carbocycles. The summed E-state index contributed by atoms with van der Waals surface area (Å²) in [6.07, 6.45) is 8.29. The van der Waals surface area contributed by atoms with Crippen LogP contribution in [0.4, 0.5) is 0 Å². The standard InChI is InChI=1S/C16H27NS/c1-3-17-16(9-6-14-10-11-18-12-14)15-7-4-13(2)5-8-15/h10-13,15-17H,3-9H2,1-2H3. The zero-order chi connectivity index (χ0) is 12.8. The fraction of sp³-hybridized carbons (Fsp3) is 0.750. The van der Waals surface area contributed by atoms with Gasteiger partial charge in [-0.1, -0.05) is 26.7 Å². The number of aryl methyl sites for hydroxylation is 1. The first-order chi connectivity index (χ1) is 8.79. The molecular formula is C16H27NS. The van der Waals surface area contributed by atoms with E-state index in [1.54, 1.807) is 0 Å². The van der Waals surface area contributed by atoms with Gasteiger partial charge in [0.15, 0.2) is 0 Å². The fourth-order valence-electron chi connectivity index (χ4n) is 3.21. The van der Waals surface area contributed by atoms with Crippen molar-refractivity contribution in [1.29, 1.82) is 0 Å². The number of hydrogen-bond acceptors (Lipinski definition) is 2. The van der Waals surface area contributed by atoms with Gasteiger partial charge in [-0.15, -0.1) is 0 Å². The third kappa shape index (κ3) is 4.10. The maximum atomic E-state index is 3.73. The lowest BCUT2D eigenvalue weighted by molar-refractivity contribution is 0.224. The van der Waals surface area contributed by atoms with Gasteiger partial charge in [-0.05, 0) is 66.5 Å². The van der Waals surface area contributed by atoms with Gasteiger partial charge >= 0.3 is 0 Å². The van der Waals surface area contributed by atoms with Crippen LogP contribution < -0.4 is 5.32 Å². The Labute approximate surface area is 116 Å². The highest BCUT2D eigenvalue weighted by Gasteiger charge is 2.25. The topological polar surface area (TPSA) is 12.0 Å². The van der Waals surface area contributed by atoms with E-state index in [1.165, 1.54) is 44.1 Å². The summed E-state index contributed by atoms with van der Waals surface area (Å²) >= 11 is 1.82. The van der Waals surface area contributed by atoms with Crippen LogP contribution in [0.3, 0.4) is 0 Å². The van der Waals surface area contributed by atoms with Gasteiger partial charge in [0.2, 0.25) is 0 Å². The Hall–Kier alpha value is -0.340. The van der Waals surface area contributed by atoms with Gasteiger partial charge in [0.25, 0.3) is 0 Å². The summed E-state index contributed by atoms with van der Waals surface area (Å²) in [6, 6.07) is 3.01. The van der Waals surface area contributed by atoms with Crippen molar-refractivity contribution in [2.24, 2.45) is 11.8 Å². The maximum absolute atomic E-state index is 3.73. The van der Waals surface area contributed by atoms with Gasteiger partial charge < -0.3 is 5.32 Å². The normalized spacial score (nSPS) is 26.1. The Morgan fingerprint density at radius 1 is 1.33 bits per heavy atom. The number of nitrogens with one attached hydrogen (secondary N) is 1. The van der Waals surface area contributed by atoms with Crippen LogP contribution in [-0.2, 0) is 6.42 Å². The molecule has 1 N–H and O–H groups in total. The highest BCUT2D eigenvalue weighted by Crippen LogP contribution is 2.31. The SMILES string of the molecule is CCNC(CCc1ccsc1)C1CCC(C)CC1. The second-order valence-electron chi connectivity index (χ2n) is 5.85. The molecule has 2 rings (SSSR count). The van der Waals surface area contributed by atoms with Gasteiger partial charge in [-0.2, -0.15) is 11.3 Å². The summed E-state index contributed by atoms with van der Waals surface area (Å²) in [5.74, 6) is 1.88. The molecule has 1 fully saturated rings. The molecule has 0 amide bonds. The summed E-state index contributed by atoms with van der Waals surface area (Å²) < 4.78 is 0. The molecule has 0 spiro atoms. The van der Waals surface area contributed by atoms with Crippen LogP contribution in [0.2, 0.25) is 0 Å². The summed E-state index contributed by atoms with van der Waals surface area (Å²) in [4.78, 5) is 0. The van der Waals surface area contributed by atoms with Gasteiger partial charge in [0.05, 0.1) is 0 Å². The van der Waals surface area contributed by atoms with Crippen LogP contribution in [0.25, 0.3) is 0 Å². The minimum absolute atomic E-state index is 0.738. The number of rotatable bonds is 6. The molecule has 1 aromatic heterocycles. The van der Waals surface area contributed by atoms with E-state index in [2.05, 4.69) is 36.0 Å². The first-order valence-corrected chi connectivity index (χ1v) is 8.48. The lowest BCUT2D eigenvalue weighted by atomic mass is 9.78. The predicted molar refractivity (Wildman–Crippen MR) is 81.2 cm³/mol. The van der Waals surface area contributed by atoms with Crippen LogP contribution in [0.1, 0.15) is 51.5 Å². The second-order valence-corrected chi connectivity index (χ2v) is 6.63. The molecule has 1 unspecified atom stereocenters. The molecule has 0 radical (unpaired) electrons. The van der Waals surface area contributed by atoms with E-state index < -0.39 is 0 Å². The first kappa shape index (κ1) is 14.1. The smallest absolute Gasteiger partial charge is 0.00983 e. The molecule has 0 saturated heterocycles. The Morgan fingerprint density at radius 3 is 2.72 bits per heavy atom. The number of hydrogen-bond donors (Lipinski definition) is 1. The van der Waals surface area contributed by atoms with E-state index in [4.69, 9.17) is 0 Å². The Balaban J connectivity index is 1.83. The van der Waals surface area contributed by atoms with Crippen molar-refractivity contribution >= 4 is 11.3 Å². The average molecular weight is 265 g/mol. The molecule has 1 nitrogen and oxygen atoms in total. The Morgan fingerprint density at radius 2 is 2.11 bits per heavy atom. The summed E-state index contributed by atoms with van der Waals surface area (Å²) in [7, 11) is 0. The van der Waals surface area contributed by atoms with Crippen molar-refractivity contribution < 1.29 is 0 Å². The largest absolute Gasteiger partial charge is 0.314 e. The van der Waals surface area contributed by atoms with E-state index in [0.717, 1.165) is 24.4 Å². The Bertz CT molecular complexity index is 312. The van der Waals surface area contributed by atoms with Crippen LogP contribution in [0.15, 0.2) is 16.8 Å². The molecule has 1 saturated carbocycles. The summed E-state index contributed by atoms with van der Waals surface area (Å²) in [6.45, 7) is 5.76. The van der Waals surface area contributed by atoms with E-state index >= 15 is 0 Å². The predicted octanol–water partition coefficient (Wildman–Crippen LogP) is 4.49. The zero-order valence-corrected chi connectivity index (χ0v) is 12.6. The van der Waals surface area contributed by atoms with Gasteiger partial charge in [-0.25, -0.2) is 0 Å². The van der Waals surface area contributed by atoms with Gasteiger partial charge in [0.1, 0.15) is 0 Å².